The van der Waals surface area contributed by atoms with Crippen molar-refractivity contribution < 1.29 is 0 Å². The van der Waals surface area contributed by atoms with E-state index in [-0.39, 0.29) is 0 Å². The fourth-order valence-electron chi connectivity index (χ4n) is 3.45. The molecule has 106 valence electrons. The predicted octanol–water partition coefficient (Wildman–Crippen LogP) is 2.04. The monoisotopic (exact) mass is 282 g/mol. The third-order valence-corrected chi connectivity index (χ3v) is 4.95. The number of imidazole rings is 1. The summed E-state index contributed by atoms with van der Waals surface area (Å²) in [5.74, 6) is 1.89. The number of hydrogen-bond acceptors (Lipinski definition) is 3. The van der Waals surface area contributed by atoms with Gasteiger partial charge in [0.15, 0.2) is 0 Å². The van der Waals surface area contributed by atoms with Gasteiger partial charge in [-0.1, -0.05) is 11.6 Å². The Morgan fingerprint density at radius 1 is 1.42 bits per heavy atom. The zero-order valence-electron chi connectivity index (χ0n) is 11.6. The molecule has 5 heteroatoms. The molecule has 0 radical (unpaired) electrons. The number of piperidine rings is 1. The number of rotatable bonds is 3. The third-order valence-electron chi connectivity index (χ3n) is 4.60. The topological polar surface area (TPSA) is 33.1 Å². The van der Waals surface area contributed by atoms with Crippen molar-refractivity contribution in [3.8, 4) is 0 Å². The van der Waals surface area contributed by atoms with E-state index < -0.39 is 0 Å². The van der Waals surface area contributed by atoms with Crippen molar-refractivity contribution >= 4 is 11.6 Å². The van der Waals surface area contributed by atoms with Crippen molar-refractivity contribution in [3.63, 3.8) is 0 Å². The quantitative estimate of drug-likeness (QED) is 0.921. The first-order valence-corrected chi connectivity index (χ1v) is 7.73. The van der Waals surface area contributed by atoms with Crippen LogP contribution >= 0.6 is 11.6 Å². The molecular formula is C14H23ClN4. The molecule has 2 fully saturated rings. The molecule has 0 saturated carbocycles. The molecule has 2 atom stereocenters. The molecule has 2 saturated heterocycles. The summed E-state index contributed by atoms with van der Waals surface area (Å²) in [7, 11) is 1.99. The Hall–Kier alpha value is -0.580. The Morgan fingerprint density at radius 3 is 3.00 bits per heavy atom. The van der Waals surface area contributed by atoms with Crippen molar-refractivity contribution in [1.29, 1.82) is 0 Å². The van der Waals surface area contributed by atoms with Gasteiger partial charge in [0.05, 0.1) is 12.7 Å². The van der Waals surface area contributed by atoms with Crippen LogP contribution in [0.2, 0.25) is 5.15 Å². The SMILES string of the molecule is Cn1c(Cl)cnc1CN1CCCC(C2CCCN2)C1. The van der Waals surface area contributed by atoms with Crippen LogP contribution in [0.4, 0.5) is 0 Å². The van der Waals surface area contributed by atoms with E-state index in [2.05, 4.69) is 15.2 Å². The summed E-state index contributed by atoms with van der Waals surface area (Å²) in [6.07, 6.45) is 7.12. The summed E-state index contributed by atoms with van der Waals surface area (Å²) >= 11 is 6.05. The number of nitrogens with one attached hydrogen (secondary N) is 1. The fraction of sp³-hybridized carbons (Fsp3) is 0.786. The summed E-state index contributed by atoms with van der Waals surface area (Å²) in [6.45, 7) is 4.51. The number of nitrogens with zero attached hydrogens (tertiary/aromatic N) is 3. The molecule has 4 nitrogen and oxygen atoms in total. The van der Waals surface area contributed by atoms with Crippen molar-refractivity contribution in [1.82, 2.24) is 19.8 Å². The second-order valence-electron chi connectivity index (χ2n) is 5.90. The van der Waals surface area contributed by atoms with Crippen LogP contribution in [0.5, 0.6) is 0 Å². The highest BCUT2D eigenvalue weighted by Gasteiger charge is 2.29. The second kappa shape index (κ2) is 5.81. The molecule has 1 aromatic rings. The molecule has 2 aliphatic rings. The van der Waals surface area contributed by atoms with Gasteiger partial charge in [0.2, 0.25) is 0 Å². The maximum absolute atomic E-state index is 6.05. The maximum Gasteiger partial charge on any atom is 0.128 e. The molecule has 0 bridgehead atoms. The summed E-state index contributed by atoms with van der Waals surface area (Å²) in [5, 5.41) is 4.38. The number of aromatic nitrogens is 2. The van der Waals surface area contributed by atoms with Crippen LogP contribution < -0.4 is 5.32 Å². The molecule has 0 aliphatic carbocycles. The summed E-state index contributed by atoms with van der Waals surface area (Å²) < 4.78 is 1.99. The van der Waals surface area contributed by atoms with Crippen LogP contribution in [-0.2, 0) is 13.6 Å². The molecule has 0 aromatic carbocycles. The van der Waals surface area contributed by atoms with E-state index >= 15 is 0 Å². The molecule has 0 amide bonds. The van der Waals surface area contributed by atoms with E-state index in [1.165, 1.54) is 45.3 Å². The van der Waals surface area contributed by atoms with Gasteiger partial charge >= 0.3 is 0 Å². The Kier molecular flexibility index (Phi) is 4.10. The smallest absolute Gasteiger partial charge is 0.128 e. The van der Waals surface area contributed by atoms with E-state index in [4.69, 9.17) is 11.6 Å². The van der Waals surface area contributed by atoms with E-state index in [1.807, 2.05) is 11.6 Å². The van der Waals surface area contributed by atoms with Crippen LogP contribution in [0.3, 0.4) is 0 Å². The van der Waals surface area contributed by atoms with Crippen LogP contribution in [0.25, 0.3) is 0 Å². The minimum absolute atomic E-state index is 0.723. The largest absolute Gasteiger partial charge is 0.321 e. The van der Waals surface area contributed by atoms with Gasteiger partial charge in [-0.05, 0) is 44.7 Å². The van der Waals surface area contributed by atoms with E-state index in [0.29, 0.717) is 0 Å². The lowest BCUT2D eigenvalue weighted by Crippen LogP contribution is -2.43. The van der Waals surface area contributed by atoms with Gasteiger partial charge in [0.25, 0.3) is 0 Å². The summed E-state index contributed by atoms with van der Waals surface area (Å²) in [4.78, 5) is 6.94. The highest BCUT2D eigenvalue weighted by Crippen LogP contribution is 2.25. The molecule has 1 N–H and O–H groups in total. The Bertz CT molecular complexity index is 425. The summed E-state index contributed by atoms with van der Waals surface area (Å²) in [5.41, 5.74) is 0. The third kappa shape index (κ3) is 2.96. The first kappa shape index (κ1) is 13.4. The standard InChI is InChI=1S/C14H23ClN4/c1-18-13(15)8-17-14(18)10-19-7-3-4-11(9-19)12-5-2-6-16-12/h8,11-12,16H,2-7,9-10H2,1H3. The lowest BCUT2D eigenvalue weighted by atomic mass is 9.90. The van der Waals surface area contributed by atoms with Crippen molar-refractivity contribution in [2.45, 2.75) is 38.3 Å². The lowest BCUT2D eigenvalue weighted by Gasteiger charge is -2.35. The number of halogens is 1. The molecular weight excluding hydrogens is 260 g/mol. The first-order valence-electron chi connectivity index (χ1n) is 7.36. The van der Waals surface area contributed by atoms with Gasteiger partial charge in [-0.3, -0.25) is 4.90 Å². The number of likely N-dealkylation sites (tertiary alicyclic amines) is 1. The zero-order chi connectivity index (χ0) is 13.2. The van der Waals surface area contributed by atoms with Crippen LogP contribution in [0.15, 0.2) is 6.20 Å². The Balaban J connectivity index is 1.60. The average Bonchev–Trinajstić information content (AvgIpc) is 3.05. The van der Waals surface area contributed by atoms with E-state index in [1.54, 1.807) is 6.20 Å². The van der Waals surface area contributed by atoms with Gasteiger partial charge < -0.3 is 9.88 Å². The highest BCUT2D eigenvalue weighted by molar-refractivity contribution is 6.29. The second-order valence-corrected chi connectivity index (χ2v) is 6.28. The molecule has 3 heterocycles. The van der Waals surface area contributed by atoms with Crippen LogP contribution in [-0.4, -0.2) is 40.1 Å². The normalized spacial score (nSPS) is 28.9. The molecule has 0 spiro atoms. The lowest BCUT2D eigenvalue weighted by molar-refractivity contribution is 0.141. The number of hydrogen-bond donors (Lipinski definition) is 1. The fourth-order valence-corrected chi connectivity index (χ4v) is 3.59. The Labute approximate surface area is 120 Å². The van der Waals surface area contributed by atoms with Crippen molar-refractivity contribution in [2.24, 2.45) is 13.0 Å². The minimum Gasteiger partial charge on any atom is -0.321 e. The molecule has 1 aromatic heterocycles. The minimum atomic E-state index is 0.723. The van der Waals surface area contributed by atoms with Gasteiger partial charge in [0, 0.05) is 19.6 Å². The van der Waals surface area contributed by atoms with Gasteiger partial charge in [-0.15, -0.1) is 0 Å². The van der Waals surface area contributed by atoms with Gasteiger partial charge in [-0.2, -0.15) is 0 Å². The van der Waals surface area contributed by atoms with Gasteiger partial charge in [-0.25, -0.2) is 4.98 Å². The van der Waals surface area contributed by atoms with Crippen LogP contribution in [0, 0.1) is 5.92 Å². The van der Waals surface area contributed by atoms with Crippen LogP contribution in [0.1, 0.15) is 31.5 Å². The maximum atomic E-state index is 6.05. The van der Waals surface area contributed by atoms with Gasteiger partial charge in [0.1, 0.15) is 11.0 Å². The highest BCUT2D eigenvalue weighted by atomic mass is 35.5. The van der Waals surface area contributed by atoms with Crippen molar-refractivity contribution in [2.75, 3.05) is 19.6 Å². The van der Waals surface area contributed by atoms with E-state index in [0.717, 1.165) is 29.5 Å². The molecule has 2 unspecified atom stereocenters. The average molecular weight is 283 g/mol. The van der Waals surface area contributed by atoms with Crippen molar-refractivity contribution in [3.05, 3.63) is 17.2 Å². The molecule has 3 rings (SSSR count). The van der Waals surface area contributed by atoms with E-state index in [9.17, 15) is 0 Å². The zero-order valence-corrected chi connectivity index (χ0v) is 12.4. The molecule has 2 aliphatic heterocycles. The summed E-state index contributed by atoms with van der Waals surface area (Å²) in [6, 6.07) is 0.743. The molecule has 19 heavy (non-hydrogen) atoms. The first-order chi connectivity index (χ1) is 9.24. The predicted molar refractivity (Wildman–Crippen MR) is 77.2 cm³/mol. The Morgan fingerprint density at radius 2 is 2.32 bits per heavy atom.